The van der Waals surface area contributed by atoms with Crippen molar-refractivity contribution in [2.24, 2.45) is 0 Å². The molecule has 0 radical (unpaired) electrons. The van der Waals surface area contributed by atoms with Gasteiger partial charge in [0.1, 0.15) is 0 Å². The van der Waals surface area contributed by atoms with Crippen molar-refractivity contribution in [3.8, 4) is 0 Å². The normalized spacial score (nSPS) is 7.15. The molecule has 0 heterocycles. The molecule has 72 valence electrons. The topological polar surface area (TPSA) is 63.6 Å². The van der Waals surface area contributed by atoms with E-state index in [0.717, 1.165) is 12.3 Å². The lowest BCUT2D eigenvalue weighted by Gasteiger charge is -1.92. The zero-order valence-corrected chi connectivity index (χ0v) is 7.45. The van der Waals surface area contributed by atoms with E-state index in [1.807, 2.05) is 0 Å². The fourth-order valence-electron chi connectivity index (χ4n) is 0.176. The second-order valence-corrected chi connectivity index (χ2v) is 1.89. The molecule has 0 rings (SSSR count). The van der Waals surface area contributed by atoms with E-state index in [0.29, 0.717) is 5.57 Å². The number of rotatable bonds is 3. The summed E-state index contributed by atoms with van der Waals surface area (Å²) in [6.07, 6.45) is 1.91. The predicted molar refractivity (Wildman–Crippen MR) is 48.9 cm³/mol. The van der Waals surface area contributed by atoms with Crippen LogP contribution in [0, 0.1) is 0 Å². The third-order valence-electron chi connectivity index (χ3n) is 0.713. The van der Waals surface area contributed by atoms with E-state index in [4.69, 9.17) is 5.11 Å². The van der Waals surface area contributed by atoms with Crippen LogP contribution < -0.4 is 0 Å². The lowest BCUT2D eigenvalue weighted by Crippen LogP contribution is -1.98. The van der Waals surface area contributed by atoms with Crippen molar-refractivity contribution in [1.29, 1.82) is 0 Å². The molecule has 0 fully saturated rings. The van der Waals surface area contributed by atoms with Gasteiger partial charge in [-0.25, -0.2) is 9.59 Å². The van der Waals surface area contributed by atoms with Gasteiger partial charge in [-0.3, -0.25) is 0 Å². The summed E-state index contributed by atoms with van der Waals surface area (Å²) in [7, 11) is 0. The Balaban J connectivity index is 0. The minimum Gasteiger partial charge on any atom is -0.478 e. The molecule has 0 aromatic carbocycles. The van der Waals surface area contributed by atoms with Gasteiger partial charge in [-0.05, 0) is 6.92 Å². The third-order valence-corrected chi connectivity index (χ3v) is 0.713. The zero-order chi connectivity index (χ0) is 10.9. The van der Waals surface area contributed by atoms with Crippen LogP contribution >= 0.6 is 0 Å². The van der Waals surface area contributed by atoms with Crippen LogP contribution in [0.3, 0.4) is 0 Å². The summed E-state index contributed by atoms with van der Waals surface area (Å²) in [5, 5.41) is 7.60. The van der Waals surface area contributed by atoms with Crippen LogP contribution in [0.2, 0.25) is 0 Å². The number of hydrogen-bond acceptors (Lipinski definition) is 3. The van der Waals surface area contributed by atoms with Gasteiger partial charge in [0.15, 0.2) is 0 Å². The van der Waals surface area contributed by atoms with Crippen LogP contribution in [0.5, 0.6) is 0 Å². The molecule has 1 N–H and O–H groups in total. The number of aliphatic carboxylic acids is 1. The first-order chi connectivity index (χ1) is 5.95. The highest BCUT2D eigenvalue weighted by Gasteiger charge is 1.97. The molecule has 0 aromatic heterocycles. The predicted octanol–water partition coefficient (Wildman–Crippen LogP) is 1.51. The van der Waals surface area contributed by atoms with E-state index >= 15 is 0 Å². The van der Waals surface area contributed by atoms with Gasteiger partial charge in [-0.15, -0.1) is 0 Å². The van der Waals surface area contributed by atoms with Crippen LogP contribution in [0.1, 0.15) is 6.92 Å². The summed E-state index contributed by atoms with van der Waals surface area (Å²) in [6.45, 7) is 11.1. The van der Waals surface area contributed by atoms with Crippen molar-refractivity contribution in [3.63, 3.8) is 0 Å². The Labute approximate surface area is 76.8 Å². The van der Waals surface area contributed by atoms with Crippen molar-refractivity contribution in [2.75, 3.05) is 0 Å². The first-order valence-electron chi connectivity index (χ1n) is 3.28. The zero-order valence-electron chi connectivity index (χ0n) is 7.45. The van der Waals surface area contributed by atoms with Gasteiger partial charge in [-0.1, -0.05) is 19.7 Å². The first-order valence-corrected chi connectivity index (χ1v) is 3.28. The van der Waals surface area contributed by atoms with Crippen LogP contribution in [-0.2, 0) is 14.3 Å². The van der Waals surface area contributed by atoms with Gasteiger partial charge < -0.3 is 9.84 Å². The van der Waals surface area contributed by atoms with E-state index in [9.17, 15) is 9.59 Å². The summed E-state index contributed by atoms with van der Waals surface area (Å²) in [6, 6.07) is 0. The van der Waals surface area contributed by atoms with Crippen LogP contribution in [-0.4, -0.2) is 17.0 Å². The van der Waals surface area contributed by atoms with E-state index in [2.05, 4.69) is 24.5 Å². The van der Waals surface area contributed by atoms with Crippen LogP contribution in [0.4, 0.5) is 0 Å². The van der Waals surface area contributed by atoms with E-state index in [1.54, 1.807) is 6.92 Å². The smallest absolute Gasteiger partial charge is 0.337 e. The maximum absolute atomic E-state index is 10.3. The molecule has 0 amide bonds. The molecule has 0 atom stereocenters. The number of carbonyl (C=O) groups excluding carboxylic acids is 1. The Kier molecular flexibility index (Phi) is 8.72. The van der Waals surface area contributed by atoms with Gasteiger partial charge in [0.25, 0.3) is 0 Å². The average Bonchev–Trinajstić information content (AvgIpc) is 2.06. The molecular weight excluding hydrogens is 172 g/mol. The average molecular weight is 184 g/mol. The largest absolute Gasteiger partial charge is 0.478 e. The number of carboxylic acids is 1. The lowest BCUT2D eigenvalue weighted by atomic mass is 10.4. The molecule has 13 heavy (non-hydrogen) atoms. The van der Waals surface area contributed by atoms with E-state index in [1.165, 1.54) is 0 Å². The number of ether oxygens (including phenoxy) is 1. The molecule has 0 saturated heterocycles. The SMILES string of the molecule is C=CC(=O)O.C=COC(=O)C(=C)C. The Bertz CT molecular complexity index is 228. The molecule has 0 spiro atoms. The van der Waals surface area contributed by atoms with Crippen LogP contribution in [0.15, 0.2) is 37.6 Å². The summed E-state index contributed by atoms with van der Waals surface area (Å²) >= 11 is 0. The molecule has 0 saturated carbocycles. The monoisotopic (exact) mass is 184 g/mol. The molecule has 0 bridgehead atoms. The number of carboxylic acid groups (broad SMARTS) is 1. The third kappa shape index (κ3) is 13.2. The fourth-order valence-corrected chi connectivity index (χ4v) is 0.176. The number of hydrogen-bond donors (Lipinski definition) is 1. The Morgan fingerprint density at radius 2 is 1.77 bits per heavy atom. The second kappa shape index (κ2) is 8.26. The van der Waals surface area contributed by atoms with Crippen LogP contribution in [0.25, 0.3) is 0 Å². The Morgan fingerprint density at radius 1 is 1.38 bits per heavy atom. The minimum absolute atomic E-state index is 0.380. The van der Waals surface area contributed by atoms with Crippen molar-refractivity contribution in [3.05, 3.63) is 37.6 Å². The van der Waals surface area contributed by atoms with Gasteiger partial charge in [-0.2, -0.15) is 0 Å². The maximum atomic E-state index is 10.3. The summed E-state index contributed by atoms with van der Waals surface area (Å²) in [5.74, 6) is -1.41. The maximum Gasteiger partial charge on any atom is 0.337 e. The standard InChI is InChI=1S/C6H8O2.C3H4O2/c1-4-8-6(7)5(2)3;1-2-3(4)5/h4H,1-2H2,3H3;2H,1H2,(H,4,5). The summed E-state index contributed by atoms with van der Waals surface area (Å²) in [4.78, 5) is 19.6. The number of carbonyl (C=O) groups is 2. The molecule has 4 nitrogen and oxygen atoms in total. The molecule has 0 aliphatic heterocycles. The lowest BCUT2D eigenvalue weighted by molar-refractivity contribution is -0.133. The van der Waals surface area contributed by atoms with Gasteiger partial charge in [0, 0.05) is 11.6 Å². The van der Waals surface area contributed by atoms with E-state index < -0.39 is 11.9 Å². The molecular formula is C9H12O4. The summed E-state index contributed by atoms with van der Waals surface area (Å²) in [5.41, 5.74) is 0.380. The van der Waals surface area contributed by atoms with Crippen molar-refractivity contribution in [1.82, 2.24) is 0 Å². The van der Waals surface area contributed by atoms with Crippen molar-refractivity contribution in [2.45, 2.75) is 6.92 Å². The Hall–Kier alpha value is -1.84. The highest BCUT2D eigenvalue weighted by atomic mass is 16.5. The van der Waals surface area contributed by atoms with Gasteiger partial charge in [0.2, 0.25) is 0 Å². The van der Waals surface area contributed by atoms with Gasteiger partial charge >= 0.3 is 11.9 Å². The second-order valence-electron chi connectivity index (χ2n) is 1.89. The highest BCUT2D eigenvalue weighted by molar-refractivity contribution is 5.87. The molecule has 0 unspecified atom stereocenters. The molecule has 0 aliphatic rings. The summed E-state index contributed by atoms with van der Waals surface area (Å²) < 4.78 is 4.33. The highest BCUT2D eigenvalue weighted by Crippen LogP contribution is 1.90. The van der Waals surface area contributed by atoms with Crippen molar-refractivity contribution >= 4 is 11.9 Å². The minimum atomic E-state index is -0.981. The fraction of sp³-hybridized carbons (Fsp3) is 0.111. The Morgan fingerprint density at radius 3 is 1.85 bits per heavy atom. The number of esters is 1. The van der Waals surface area contributed by atoms with Gasteiger partial charge in [0.05, 0.1) is 6.26 Å². The van der Waals surface area contributed by atoms with E-state index in [-0.39, 0.29) is 0 Å². The molecule has 0 aromatic rings. The molecule has 0 aliphatic carbocycles. The van der Waals surface area contributed by atoms with Crippen molar-refractivity contribution < 1.29 is 19.4 Å². The molecule has 4 heteroatoms. The quantitative estimate of drug-likeness (QED) is 0.410. The first kappa shape index (κ1) is 13.7.